The first-order valence-corrected chi connectivity index (χ1v) is 14.1. The molecule has 2 aromatic carbocycles. The van der Waals surface area contributed by atoms with Crippen molar-refractivity contribution in [2.24, 2.45) is 0 Å². The molecule has 0 saturated heterocycles. The first kappa shape index (κ1) is 26.1. The molecule has 0 spiro atoms. The summed E-state index contributed by atoms with van der Waals surface area (Å²) in [6.45, 7) is 11.2. The highest BCUT2D eigenvalue weighted by atomic mass is 35.5. The van der Waals surface area contributed by atoms with Crippen LogP contribution in [0.5, 0.6) is 0 Å². The fraction of sp³-hybridized carbons (Fsp3) is 0.538. The van der Waals surface area contributed by atoms with Crippen molar-refractivity contribution in [1.29, 1.82) is 0 Å². The van der Waals surface area contributed by atoms with Crippen molar-refractivity contribution >= 4 is 44.7 Å². The van der Waals surface area contributed by atoms with Gasteiger partial charge in [-0.2, -0.15) is 11.8 Å². The number of halogens is 2. The molecule has 3 rings (SSSR count). The lowest BCUT2D eigenvalue weighted by Crippen LogP contribution is -2.41. The Kier molecular flexibility index (Phi) is 9.61. The van der Waals surface area contributed by atoms with Crippen LogP contribution in [0.1, 0.15) is 77.2 Å². The van der Waals surface area contributed by atoms with E-state index in [4.69, 9.17) is 27.6 Å². The standard InChI is InChI=1S/C26H35Cl2NOSSi/c1-17(2)31-23-11-7-10-22(23)29-24(18-12-14-20(27)15-13-18)25(30-32-26(3,4)5)19-8-6-9-21(28)16-19/h6,8-9,12-17,22-25,29H,7,10-11H2,1-5H3/t22-,23-,24-,25-/m1/s1. The Morgan fingerprint density at radius 2 is 1.72 bits per heavy atom. The molecule has 0 heterocycles. The number of nitrogens with one attached hydrogen (secondary N) is 1. The van der Waals surface area contributed by atoms with Crippen LogP contribution in [0, 0.1) is 0 Å². The SMILES string of the molecule is CC(C)S[C@@H]1CCC[C@H]1N[C@H](c1ccc(Cl)cc1)[C@H](O[Si]C(C)(C)C)c1cccc(Cl)c1. The molecular weight excluding hydrogens is 473 g/mol. The molecule has 0 aromatic heterocycles. The molecule has 4 atom stereocenters. The van der Waals surface area contributed by atoms with E-state index < -0.39 is 0 Å². The van der Waals surface area contributed by atoms with E-state index >= 15 is 0 Å². The van der Waals surface area contributed by atoms with E-state index in [0.717, 1.165) is 15.6 Å². The Morgan fingerprint density at radius 1 is 1.00 bits per heavy atom. The fourth-order valence-corrected chi connectivity index (χ4v) is 6.62. The summed E-state index contributed by atoms with van der Waals surface area (Å²) in [4.78, 5) is 0. The molecule has 1 fully saturated rings. The van der Waals surface area contributed by atoms with E-state index in [1.54, 1.807) is 0 Å². The van der Waals surface area contributed by atoms with Crippen molar-refractivity contribution in [3.63, 3.8) is 0 Å². The molecule has 2 radical (unpaired) electrons. The average molecular weight is 509 g/mol. The molecule has 1 N–H and O–H groups in total. The van der Waals surface area contributed by atoms with Crippen LogP contribution in [-0.4, -0.2) is 26.3 Å². The van der Waals surface area contributed by atoms with Gasteiger partial charge in [0.2, 0.25) is 9.76 Å². The van der Waals surface area contributed by atoms with Crippen molar-refractivity contribution in [3.05, 3.63) is 69.7 Å². The second kappa shape index (κ2) is 11.8. The van der Waals surface area contributed by atoms with Crippen LogP contribution >= 0.6 is 35.0 Å². The van der Waals surface area contributed by atoms with E-state index in [9.17, 15) is 0 Å². The Labute approximate surface area is 211 Å². The number of hydrogen-bond acceptors (Lipinski definition) is 3. The van der Waals surface area contributed by atoms with Gasteiger partial charge in [-0.3, -0.25) is 0 Å². The summed E-state index contributed by atoms with van der Waals surface area (Å²) in [5, 5.41) is 6.85. The van der Waals surface area contributed by atoms with Crippen LogP contribution in [0.3, 0.4) is 0 Å². The zero-order chi connectivity index (χ0) is 23.3. The highest BCUT2D eigenvalue weighted by Crippen LogP contribution is 2.39. The lowest BCUT2D eigenvalue weighted by Gasteiger charge is -2.35. The van der Waals surface area contributed by atoms with E-state index in [2.05, 4.69) is 69.9 Å². The second-order valence-electron chi connectivity index (χ2n) is 9.90. The summed E-state index contributed by atoms with van der Waals surface area (Å²) in [5.74, 6) is 0. The fourth-order valence-electron chi connectivity index (χ4n) is 4.14. The molecule has 0 aliphatic heterocycles. The minimum absolute atomic E-state index is 0.0129. The zero-order valence-corrected chi connectivity index (χ0v) is 23.0. The zero-order valence-electron chi connectivity index (χ0n) is 19.7. The number of hydrogen-bond donors (Lipinski definition) is 1. The van der Waals surface area contributed by atoms with Gasteiger partial charge in [0.1, 0.15) is 0 Å². The summed E-state index contributed by atoms with van der Waals surface area (Å²) < 4.78 is 6.69. The summed E-state index contributed by atoms with van der Waals surface area (Å²) in [7, 11) is 0.369. The lowest BCUT2D eigenvalue weighted by molar-refractivity contribution is 0.148. The maximum Gasteiger partial charge on any atom is 0.236 e. The third-order valence-electron chi connectivity index (χ3n) is 5.49. The van der Waals surface area contributed by atoms with Gasteiger partial charge in [0.15, 0.2) is 0 Å². The third kappa shape index (κ3) is 7.78. The lowest BCUT2D eigenvalue weighted by atomic mass is 9.94. The Bertz CT molecular complexity index is 856. The van der Waals surface area contributed by atoms with Crippen molar-refractivity contribution in [3.8, 4) is 0 Å². The number of thioether (sulfide) groups is 1. The highest BCUT2D eigenvalue weighted by molar-refractivity contribution is 8.00. The van der Waals surface area contributed by atoms with Gasteiger partial charge in [0, 0.05) is 21.3 Å². The van der Waals surface area contributed by atoms with Crippen LogP contribution in [0.4, 0.5) is 0 Å². The minimum atomic E-state index is -0.141. The van der Waals surface area contributed by atoms with E-state index in [1.807, 2.05) is 30.3 Å². The second-order valence-corrected chi connectivity index (χ2v) is 14.5. The normalized spacial score (nSPS) is 21.1. The van der Waals surface area contributed by atoms with Gasteiger partial charge in [0.05, 0.1) is 12.1 Å². The maximum absolute atomic E-state index is 6.69. The summed E-state index contributed by atoms with van der Waals surface area (Å²) in [6.07, 6.45) is 3.58. The molecule has 0 bridgehead atoms. The van der Waals surface area contributed by atoms with Crippen molar-refractivity contribution in [2.45, 2.75) is 87.6 Å². The van der Waals surface area contributed by atoms with Crippen LogP contribution in [0.2, 0.25) is 15.1 Å². The maximum atomic E-state index is 6.69. The number of benzene rings is 2. The summed E-state index contributed by atoms with van der Waals surface area (Å²) in [6, 6.07) is 16.8. The molecule has 6 heteroatoms. The first-order chi connectivity index (χ1) is 15.1. The smallest absolute Gasteiger partial charge is 0.236 e. The topological polar surface area (TPSA) is 21.3 Å². The van der Waals surface area contributed by atoms with Crippen LogP contribution in [0.25, 0.3) is 0 Å². The summed E-state index contributed by atoms with van der Waals surface area (Å²) in [5.41, 5.74) is 2.30. The molecular formula is C26H35Cl2NOSSi. The molecule has 32 heavy (non-hydrogen) atoms. The highest BCUT2D eigenvalue weighted by Gasteiger charge is 2.35. The molecule has 1 aliphatic rings. The molecule has 0 unspecified atom stereocenters. The quantitative estimate of drug-likeness (QED) is 0.344. The van der Waals surface area contributed by atoms with Crippen molar-refractivity contribution < 1.29 is 4.43 Å². The van der Waals surface area contributed by atoms with E-state index in [-0.39, 0.29) is 17.2 Å². The molecule has 1 saturated carbocycles. The van der Waals surface area contributed by atoms with Gasteiger partial charge in [-0.1, -0.05) is 88.5 Å². The Hall–Kier alpha value is -0.493. The van der Waals surface area contributed by atoms with Crippen LogP contribution in [0.15, 0.2) is 48.5 Å². The van der Waals surface area contributed by atoms with Crippen LogP contribution in [-0.2, 0) is 4.43 Å². The largest absolute Gasteiger partial charge is 0.408 e. The molecule has 2 aromatic rings. The van der Waals surface area contributed by atoms with Gasteiger partial charge < -0.3 is 9.74 Å². The molecule has 0 amide bonds. The Morgan fingerprint density at radius 3 is 2.34 bits per heavy atom. The first-order valence-electron chi connectivity index (χ1n) is 11.5. The van der Waals surface area contributed by atoms with Gasteiger partial charge in [0.25, 0.3) is 0 Å². The van der Waals surface area contributed by atoms with Crippen molar-refractivity contribution in [2.75, 3.05) is 0 Å². The average Bonchev–Trinajstić information content (AvgIpc) is 3.13. The van der Waals surface area contributed by atoms with Crippen molar-refractivity contribution in [1.82, 2.24) is 5.32 Å². The van der Waals surface area contributed by atoms with Crippen LogP contribution < -0.4 is 5.32 Å². The molecule has 2 nitrogen and oxygen atoms in total. The number of rotatable bonds is 9. The van der Waals surface area contributed by atoms with E-state index in [0.29, 0.717) is 26.3 Å². The van der Waals surface area contributed by atoms with Gasteiger partial charge in [-0.05, 0) is 58.5 Å². The molecule has 174 valence electrons. The van der Waals surface area contributed by atoms with Gasteiger partial charge in [-0.25, -0.2) is 0 Å². The minimum Gasteiger partial charge on any atom is -0.408 e. The predicted octanol–water partition coefficient (Wildman–Crippen LogP) is 8.28. The van der Waals surface area contributed by atoms with Gasteiger partial charge in [-0.15, -0.1) is 0 Å². The monoisotopic (exact) mass is 507 g/mol. The Balaban J connectivity index is 1.97. The van der Waals surface area contributed by atoms with E-state index in [1.165, 1.54) is 24.8 Å². The molecule has 1 aliphatic carbocycles. The predicted molar refractivity (Wildman–Crippen MR) is 142 cm³/mol. The van der Waals surface area contributed by atoms with Gasteiger partial charge >= 0.3 is 0 Å². The summed E-state index contributed by atoms with van der Waals surface area (Å²) >= 11 is 14.7. The third-order valence-corrected chi connectivity index (χ3v) is 8.42.